The van der Waals surface area contributed by atoms with Crippen LogP contribution in [0, 0.1) is 16.0 Å². The van der Waals surface area contributed by atoms with Crippen molar-refractivity contribution in [2.75, 3.05) is 19.6 Å². The molecule has 2 rings (SSSR count). The number of carbonyl (C=O) groups is 1. The average molecular weight is 355 g/mol. The summed E-state index contributed by atoms with van der Waals surface area (Å²) in [5.41, 5.74) is -0.177. The van der Waals surface area contributed by atoms with Crippen LogP contribution < -0.4 is 4.72 Å². The van der Waals surface area contributed by atoms with Crippen molar-refractivity contribution in [3.8, 4) is 0 Å². The molecule has 0 unspecified atom stereocenters. The third-order valence-electron chi connectivity index (χ3n) is 4.13. The Kier molecular flexibility index (Phi) is 5.89. The molecular formula is C15H21N3O5S. The number of carbonyl (C=O) groups excluding carboxylic acids is 1. The number of nitrogens with one attached hydrogen (secondary N) is 1. The summed E-state index contributed by atoms with van der Waals surface area (Å²) in [4.78, 5) is 23.7. The van der Waals surface area contributed by atoms with Gasteiger partial charge in [0.05, 0.1) is 9.82 Å². The van der Waals surface area contributed by atoms with E-state index in [1.807, 2.05) is 0 Å². The van der Waals surface area contributed by atoms with Crippen LogP contribution in [0.4, 0.5) is 5.69 Å². The summed E-state index contributed by atoms with van der Waals surface area (Å²) in [5, 5.41) is 10.6. The molecule has 1 saturated heterocycles. The maximum atomic E-state index is 12.1. The number of rotatable bonds is 6. The number of non-ortho nitro benzene ring substituents is 1. The quantitative estimate of drug-likeness (QED) is 0.614. The average Bonchev–Trinajstić information content (AvgIpc) is 2.55. The van der Waals surface area contributed by atoms with E-state index in [-0.39, 0.29) is 29.5 Å². The van der Waals surface area contributed by atoms with E-state index >= 15 is 0 Å². The van der Waals surface area contributed by atoms with E-state index in [4.69, 9.17) is 0 Å². The smallest absolute Gasteiger partial charge is 0.269 e. The topological polar surface area (TPSA) is 110 Å². The summed E-state index contributed by atoms with van der Waals surface area (Å²) in [7, 11) is -3.78. The Morgan fingerprint density at radius 1 is 1.29 bits per heavy atom. The van der Waals surface area contributed by atoms with Crippen molar-refractivity contribution in [1.82, 2.24) is 9.62 Å². The van der Waals surface area contributed by atoms with Crippen LogP contribution in [0.1, 0.15) is 26.2 Å². The zero-order chi connectivity index (χ0) is 17.7. The first kappa shape index (κ1) is 18.3. The zero-order valence-corrected chi connectivity index (χ0v) is 14.3. The second kappa shape index (κ2) is 7.71. The lowest BCUT2D eigenvalue weighted by Crippen LogP contribution is -2.39. The molecule has 1 aliphatic rings. The Labute approximate surface area is 141 Å². The SMILES string of the molecule is CC1CCN(C(=O)CCNS(=O)(=O)c2ccc([N+](=O)[O-])cc2)CC1. The van der Waals surface area contributed by atoms with Crippen molar-refractivity contribution in [3.05, 3.63) is 34.4 Å². The van der Waals surface area contributed by atoms with Gasteiger partial charge in [-0.2, -0.15) is 0 Å². The minimum absolute atomic E-state index is 0.00417. The van der Waals surface area contributed by atoms with E-state index < -0.39 is 14.9 Å². The Morgan fingerprint density at radius 2 is 1.88 bits per heavy atom. The monoisotopic (exact) mass is 355 g/mol. The van der Waals surface area contributed by atoms with E-state index in [1.54, 1.807) is 4.90 Å². The summed E-state index contributed by atoms with van der Waals surface area (Å²) in [6.45, 7) is 3.59. The van der Waals surface area contributed by atoms with Gasteiger partial charge >= 0.3 is 0 Å². The number of piperidine rings is 1. The Balaban J connectivity index is 1.86. The summed E-state index contributed by atoms with van der Waals surface area (Å²) < 4.78 is 26.6. The van der Waals surface area contributed by atoms with Gasteiger partial charge in [0, 0.05) is 38.2 Å². The molecule has 132 valence electrons. The Morgan fingerprint density at radius 3 is 2.42 bits per heavy atom. The minimum atomic E-state index is -3.78. The van der Waals surface area contributed by atoms with Crippen LogP contribution in [-0.2, 0) is 14.8 Å². The number of sulfonamides is 1. The molecule has 0 bridgehead atoms. The van der Waals surface area contributed by atoms with E-state index in [2.05, 4.69) is 11.6 Å². The molecule has 0 saturated carbocycles. The van der Waals surface area contributed by atoms with Gasteiger partial charge in [0.1, 0.15) is 0 Å². The molecule has 1 fully saturated rings. The minimum Gasteiger partial charge on any atom is -0.343 e. The molecule has 1 aliphatic heterocycles. The molecule has 1 N–H and O–H groups in total. The molecular weight excluding hydrogens is 334 g/mol. The lowest BCUT2D eigenvalue weighted by atomic mass is 9.99. The van der Waals surface area contributed by atoms with Gasteiger partial charge in [0.15, 0.2) is 0 Å². The number of nitro groups is 1. The molecule has 1 aromatic rings. The fraction of sp³-hybridized carbons (Fsp3) is 0.533. The largest absolute Gasteiger partial charge is 0.343 e. The second-order valence-electron chi connectivity index (χ2n) is 5.96. The van der Waals surface area contributed by atoms with Gasteiger partial charge in [-0.3, -0.25) is 14.9 Å². The van der Waals surface area contributed by atoms with E-state index in [1.165, 1.54) is 12.1 Å². The summed E-state index contributed by atoms with van der Waals surface area (Å²) in [5.74, 6) is 0.558. The Bertz CT molecular complexity index is 694. The number of amides is 1. The molecule has 8 nitrogen and oxygen atoms in total. The van der Waals surface area contributed by atoms with Gasteiger partial charge < -0.3 is 4.90 Å². The predicted octanol–water partition coefficient (Wildman–Crippen LogP) is 1.52. The van der Waals surface area contributed by atoms with Crippen LogP contribution >= 0.6 is 0 Å². The number of nitro benzene ring substituents is 1. The molecule has 1 aromatic carbocycles. The maximum Gasteiger partial charge on any atom is 0.269 e. The lowest BCUT2D eigenvalue weighted by molar-refractivity contribution is -0.384. The number of likely N-dealkylation sites (tertiary alicyclic amines) is 1. The Hall–Kier alpha value is -2.00. The number of nitrogens with zero attached hydrogens (tertiary/aromatic N) is 2. The second-order valence-corrected chi connectivity index (χ2v) is 7.73. The maximum absolute atomic E-state index is 12.1. The highest BCUT2D eigenvalue weighted by molar-refractivity contribution is 7.89. The highest BCUT2D eigenvalue weighted by Crippen LogP contribution is 2.17. The van der Waals surface area contributed by atoms with Crippen LogP contribution in [0.3, 0.4) is 0 Å². The highest BCUT2D eigenvalue weighted by Gasteiger charge is 2.21. The van der Waals surface area contributed by atoms with Gasteiger partial charge in [0.2, 0.25) is 15.9 Å². The van der Waals surface area contributed by atoms with E-state index in [9.17, 15) is 23.3 Å². The van der Waals surface area contributed by atoms with E-state index in [0.29, 0.717) is 5.92 Å². The van der Waals surface area contributed by atoms with Crippen molar-refractivity contribution >= 4 is 21.6 Å². The van der Waals surface area contributed by atoms with Crippen molar-refractivity contribution in [3.63, 3.8) is 0 Å². The third-order valence-corrected chi connectivity index (χ3v) is 5.60. The molecule has 24 heavy (non-hydrogen) atoms. The fourth-order valence-electron chi connectivity index (χ4n) is 2.54. The summed E-state index contributed by atoms with van der Waals surface area (Å²) >= 11 is 0. The van der Waals surface area contributed by atoms with Crippen LogP contribution in [0.15, 0.2) is 29.2 Å². The van der Waals surface area contributed by atoms with Crippen molar-refractivity contribution in [1.29, 1.82) is 0 Å². The van der Waals surface area contributed by atoms with Crippen LogP contribution in [-0.4, -0.2) is 43.8 Å². The molecule has 1 heterocycles. The third kappa shape index (κ3) is 4.75. The molecule has 0 aromatic heterocycles. The predicted molar refractivity (Wildman–Crippen MR) is 87.9 cm³/mol. The molecule has 0 radical (unpaired) electrons. The summed E-state index contributed by atoms with van der Waals surface area (Å²) in [6.07, 6.45) is 2.04. The fourth-order valence-corrected chi connectivity index (χ4v) is 3.57. The first-order valence-electron chi connectivity index (χ1n) is 7.81. The molecule has 9 heteroatoms. The first-order valence-corrected chi connectivity index (χ1v) is 9.30. The number of hydrogen-bond acceptors (Lipinski definition) is 5. The lowest BCUT2D eigenvalue weighted by Gasteiger charge is -2.30. The molecule has 0 aliphatic carbocycles. The number of benzene rings is 1. The van der Waals surface area contributed by atoms with Gasteiger partial charge in [-0.15, -0.1) is 0 Å². The molecule has 0 spiro atoms. The van der Waals surface area contributed by atoms with Gasteiger partial charge in [-0.25, -0.2) is 13.1 Å². The van der Waals surface area contributed by atoms with Crippen molar-refractivity contribution < 1.29 is 18.1 Å². The van der Waals surface area contributed by atoms with Crippen molar-refractivity contribution in [2.45, 2.75) is 31.1 Å². The first-order chi connectivity index (χ1) is 11.3. The zero-order valence-electron chi connectivity index (χ0n) is 13.5. The van der Waals surface area contributed by atoms with Gasteiger partial charge in [-0.1, -0.05) is 6.92 Å². The van der Waals surface area contributed by atoms with Crippen LogP contribution in [0.5, 0.6) is 0 Å². The normalized spacial score (nSPS) is 16.1. The van der Waals surface area contributed by atoms with Crippen LogP contribution in [0.25, 0.3) is 0 Å². The van der Waals surface area contributed by atoms with Crippen LogP contribution in [0.2, 0.25) is 0 Å². The summed E-state index contributed by atoms with van der Waals surface area (Å²) in [6, 6.07) is 4.62. The van der Waals surface area contributed by atoms with Gasteiger partial charge in [0.25, 0.3) is 5.69 Å². The molecule has 0 atom stereocenters. The highest BCUT2D eigenvalue weighted by atomic mass is 32.2. The number of hydrogen-bond donors (Lipinski definition) is 1. The van der Waals surface area contributed by atoms with E-state index in [0.717, 1.165) is 38.1 Å². The van der Waals surface area contributed by atoms with Gasteiger partial charge in [-0.05, 0) is 30.9 Å². The standard InChI is InChI=1S/C15H21N3O5S/c1-12-7-10-17(11-8-12)15(19)6-9-16-24(22,23)14-4-2-13(3-5-14)18(20)21/h2-5,12,16H,6-11H2,1H3. The van der Waals surface area contributed by atoms with Crippen molar-refractivity contribution in [2.24, 2.45) is 5.92 Å². The molecule has 1 amide bonds.